The van der Waals surface area contributed by atoms with Gasteiger partial charge < -0.3 is 4.74 Å². The molecule has 27 heavy (non-hydrogen) atoms. The second-order valence-electron chi connectivity index (χ2n) is 6.62. The van der Waals surface area contributed by atoms with Gasteiger partial charge in [-0.15, -0.1) is 0 Å². The quantitative estimate of drug-likeness (QED) is 0.500. The van der Waals surface area contributed by atoms with E-state index in [1.165, 1.54) is 19.3 Å². The Kier molecular flexibility index (Phi) is 7.51. The molecule has 0 N–H and O–H groups in total. The van der Waals surface area contributed by atoms with Crippen LogP contribution in [0.4, 0.5) is 13.2 Å². The lowest BCUT2D eigenvalue weighted by molar-refractivity contribution is -0.138. The van der Waals surface area contributed by atoms with Gasteiger partial charge in [-0.2, -0.15) is 13.2 Å². The highest BCUT2D eigenvalue weighted by molar-refractivity contribution is 5.38. The van der Waals surface area contributed by atoms with Gasteiger partial charge in [0, 0.05) is 18.0 Å². The van der Waals surface area contributed by atoms with Gasteiger partial charge in [-0.3, -0.25) is 9.36 Å². The third kappa shape index (κ3) is 6.15. The van der Waals surface area contributed by atoms with Crippen LogP contribution in [0.5, 0.6) is 5.75 Å². The van der Waals surface area contributed by atoms with E-state index in [-0.39, 0.29) is 6.10 Å². The molecule has 0 aliphatic carbocycles. The first-order valence-corrected chi connectivity index (χ1v) is 9.42. The molecule has 6 heteroatoms. The molecule has 148 valence electrons. The van der Waals surface area contributed by atoms with Crippen LogP contribution in [0.15, 0.2) is 47.4 Å². The van der Waals surface area contributed by atoms with Crippen LogP contribution in [0.2, 0.25) is 0 Å². The number of nitrogens with zero attached hydrogens (tertiary/aromatic N) is 1. The van der Waals surface area contributed by atoms with Crippen molar-refractivity contribution in [1.29, 1.82) is 0 Å². The summed E-state index contributed by atoms with van der Waals surface area (Å²) < 4.78 is 45.6. The lowest BCUT2D eigenvalue weighted by atomic mass is 10.1. The maximum absolute atomic E-state index is 12.9. The first kappa shape index (κ1) is 21.1. The van der Waals surface area contributed by atoms with Crippen molar-refractivity contribution in [2.24, 2.45) is 0 Å². The van der Waals surface area contributed by atoms with Gasteiger partial charge in [-0.05, 0) is 49.6 Å². The second-order valence-corrected chi connectivity index (χ2v) is 6.62. The van der Waals surface area contributed by atoms with Crippen LogP contribution in [0, 0.1) is 0 Å². The lowest BCUT2D eigenvalue weighted by Crippen LogP contribution is -2.20. The molecule has 0 spiro atoms. The molecule has 0 saturated carbocycles. The van der Waals surface area contributed by atoms with Gasteiger partial charge in [0.15, 0.2) is 0 Å². The Morgan fingerprint density at radius 3 is 2.30 bits per heavy atom. The molecule has 0 fully saturated rings. The molecular weight excluding hydrogens is 355 g/mol. The zero-order chi connectivity index (χ0) is 19.9. The highest BCUT2D eigenvalue weighted by Gasteiger charge is 2.31. The number of halogens is 3. The molecule has 0 aliphatic rings. The summed E-state index contributed by atoms with van der Waals surface area (Å²) in [6.45, 7) is 4.24. The first-order valence-electron chi connectivity index (χ1n) is 9.42. The number of unbranched alkanes of at least 4 members (excludes halogenated alkanes) is 3. The van der Waals surface area contributed by atoms with Gasteiger partial charge in [0.25, 0.3) is 5.56 Å². The van der Waals surface area contributed by atoms with E-state index in [0.29, 0.717) is 11.4 Å². The molecule has 1 atom stereocenters. The lowest BCUT2D eigenvalue weighted by Gasteiger charge is -2.18. The van der Waals surface area contributed by atoms with E-state index >= 15 is 0 Å². The molecule has 2 aromatic rings. The van der Waals surface area contributed by atoms with E-state index in [1.807, 2.05) is 0 Å². The number of benzene rings is 1. The van der Waals surface area contributed by atoms with Gasteiger partial charge in [0.2, 0.25) is 0 Å². The summed E-state index contributed by atoms with van der Waals surface area (Å²) in [5, 5.41) is 0. The minimum Gasteiger partial charge on any atom is -0.490 e. The Balaban J connectivity index is 2.10. The summed E-state index contributed by atoms with van der Waals surface area (Å²) in [6.07, 6.45) is 3.02. The molecule has 0 aliphatic heterocycles. The van der Waals surface area contributed by atoms with Crippen molar-refractivity contribution < 1.29 is 17.9 Å². The van der Waals surface area contributed by atoms with Gasteiger partial charge in [0.05, 0.1) is 11.7 Å². The molecule has 1 heterocycles. The van der Waals surface area contributed by atoms with Crippen LogP contribution in [-0.2, 0) is 6.18 Å². The summed E-state index contributed by atoms with van der Waals surface area (Å²) in [5.74, 6) is 0.654. The van der Waals surface area contributed by atoms with Crippen molar-refractivity contribution in [3.05, 3.63) is 58.5 Å². The largest absolute Gasteiger partial charge is 0.490 e. The minimum atomic E-state index is -4.50. The van der Waals surface area contributed by atoms with Gasteiger partial charge >= 0.3 is 6.18 Å². The fraction of sp³-hybridized carbons (Fsp3) is 0.476. The number of pyridine rings is 1. The second kappa shape index (κ2) is 9.62. The molecule has 0 saturated heterocycles. The van der Waals surface area contributed by atoms with Crippen molar-refractivity contribution in [2.45, 2.75) is 64.7 Å². The topological polar surface area (TPSA) is 31.2 Å². The van der Waals surface area contributed by atoms with E-state index in [4.69, 9.17) is 4.74 Å². The molecular formula is C21H26F3NO2. The SMILES string of the molecule is CCCCCCC(CC)Oc1ccc(-n2cc(C(F)(F)F)ccc2=O)cc1. The first-order chi connectivity index (χ1) is 12.8. The van der Waals surface area contributed by atoms with Crippen LogP contribution in [0.3, 0.4) is 0 Å². The fourth-order valence-electron chi connectivity index (χ4n) is 2.88. The van der Waals surface area contributed by atoms with Gasteiger partial charge in [-0.1, -0.05) is 33.1 Å². The van der Waals surface area contributed by atoms with Crippen LogP contribution in [-0.4, -0.2) is 10.7 Å². The predicted molar refractivity (Wildman–Crippen MR) is 101 cm³/mol. The molecule has 3 nitrogen and oxygen atoms in total. The van der Waals surface area contributed by atoms with Crippen LogP contribution < -0.4 is 10.3 Å². The van der Waals surface area contributed by atoms with Crippen molar-refractivity contribution in [2.75, 3.05) is 0 Å². The third-order valence-electron chi connectivity index (χ3n) is 4.49. The number of hydrogen-bond acceptors (Lipinski definition) is 2. The summed E-state index contributed by atoms with van der Waals surface area (Å²) in [7, 11) is 0. The van der Waals surface area contributed by atoms with E-state index in [0.717, 1.165) is 42.2 Å². The Bertz CT molecular complexity index is 766. The summed E-state index contributed by atoms with van der Waals surface area (Å²) in [6, 6.07) is 8.30. The van der Waals surface area contributed by atoms with Gasteiger partial charge in [0.1, 0.15) is 5.75 Å². The highest BCUT2D eigenvalue weighted by atomic mass is 19.4. The van der Waals surface area contributed by atoms with Crippen molar-refractivity contribution in [3.63, 3.8) is 0 Å². The van der Waals surface area contributed by atoms with Gasteiger partial charge in [-0.25, -0.2) is 0 Å². The number of rotatable bonds is 9. The highest BCUT2D eigenvalue weighted by Crippen LogP contribution is 2.28. The summed E-state index contributed by atoms with van der Waals surface area (Å²) in [5.41, 5.74) is -1.01. The molecule has 1 aromatic carbocycles. The number of hydrogen-bond donors (Lipinski definition) is 0. The Morgan fingerprint density at radius 2 is 1.70 bits per heavy atom. The standard InChI is InChI=1S/C21H26F3NO2/c1-3-5-6-7-8-18(4-2)27-19-12-10-17(11-13-19)25-15-16(21(22,23)24)9-14-20(25)26/h9-15,18H,3-8H2,1-2H3. The minimum absolute atomic E-state index is 0.115. The van der Waals surface area contributed by atoms with Crippen LogP contribution in [0.25, 0.3) is 5.69 Å². The molecule has 1 unspecified atom stereocenters. The van der Waals surface area contributed by atoms with Crippen molar-refractivity contribution in [1.82, 2.24) is 4.57 Å². The molecule has 0 radical (unpaired) electrons. The average Bonchev–Trinajstić information content (AvgIpc) is 2.64. The fourth-order valence-corrected chi connectivity index (χ4v) is 2.88. The smallest absolute Gasteiger partial charge is 0.417 e. The molecule has 1 aromatic heterocycles. The van der Waals surface area contributed by atoms with E-state index in [9.17, 15) is 18.0 Å². The monoisotopic (exact) mass is 381 g/mol. The zero-order valence-corrected chi connectivity index (χ0v) is 15.8. The predicted octanol–water partition coefficient (Wildman–Crippen LogP) is 5.98. The molecule has 0 amide bonds. The van der Waals surface area contributed by atoms with Crippen molar-refractivity contribution in [3.8, 4) is 11.4 Å². The summed E-state index contributed by atoms with van der Waals surface area (Å²) in [4.78, 5) is 11.9. The number of ether oxygens (including phenoxy) is 1. The Hall–Kier alpha value is -2.24. The van der Waals surface area contributed by atoms with E-state index in [2.05, 4.69) is 13.8 Å². The average molecular weight is 381 g/mol. The van der Waals surface area contributed by atoms with Crippen molar-refractivity contribution >= 4 is 0 Å². The zero-order valence-electron chi connectivity index (χ0n) is 15.8. The third-order valence-corrected chi connectivity index (χ3v) is 4.49. The Morgan fingerprint density at radius 1 is 1.00 bits per heavy atom. The summed E-state index contributed by atoms with van der Waals surface area (Å²) >= 11 is 0. The van der Waals surface area contributed by atoms with Crippen LogP contribution >= 0.6 is 0 Å². The normalized spacial score (nSPS) is 12.8. The van der Waals surface area contributed by atoms with E-state index in [1.54, 1.807) is 24.3 Å². The maximum atomic E-state index is 12.9. The Labute approximate surface area is 157 Å². The number of aromatic nitrogens is 1. The molecule has 0 bridgehead atoms. The van der Waals surface area contributed by atoms with Crippen LogP contribution in [0.1, 0.15) is 57.9 Å². The van der Waals surface area contributed by atoms with E-state index < -0.39 is 17.3 Å². The number of alkyl halides is 3. The molecule has 2 rings (SSSR count). The maximum Gasteiger partial charge on any atom is 0.417 e.